The summed E-state index contributed by atoms with van der Waals surface area (Å²) in [5.74, 6) is -1.21. The third-order valence-electron chi connectivity index (χ3n) is 1.66. The number of hydrogen-bond acceptors (Lipinski definition) is 0. The Morgan fingerprint density at radius 1 is 1.50 bits per heavy atom. The Kier molecular flexibility index (Phi) is 2.20. The molecular weight excluding hydrogens is 134 g/mol. The van der Waals surface area contributed by atoms with Gasteiger partial charge in [0.15, 0.2) is 5.83 Å². The van der Waals surface area contributed by atoms with E-state index in [2.05, 4.69) is 0 Å². The topological polar surface area (TPSA) is 0 Å². The SMILES string of the molecule is CCC1=CCCC(F)=C1F. The van der Waals surface area contributed by atoms with Gasteiger partial charge in [0, 0.05) is 6.42 Å². The molecule has 0 aromatic rings. The minimum atomic E-state index is -0.631. The van der Waals surface area contributed by atoms with Crippen molar-refractivity contribution in [3.63, 3.8) is 0 Å². The minimum Gasteiger partial charge on any atom is -0.209 e. The summed E-state index contributed by atoms with van der Waals surface area (Å²) < 4.78 is 25.2. The number of hydrogen-bond donors (Lipinski definition) is 0. The summed E-state index contributed by atoms with van der Waals surface area (Å²) in [6, 6.07) is 0. The summed E-state index contributed by atoms with van der Waals surface area (Å²) in [4.78, 5) is 0. The standard InChI is InChI=1S/C8H10F2/c1-2-6-4-3-5-7(9)8(6)10/h4H,2-3,5H2,1H3. The zero-order chi connectivity index (χ0) is 7.56. The van der Waals surface area contributed by atoms with E-state index in [1.165, 1.54) is 0 Å². The van der Waals surface area contributed by atoms with Crippen LogP contribution in [-0.2, 0) is 0 Å². The van der Waals surface area contributed by atoms with Crippen LogP contribution < -0.4 is 0 Å². The molecule has 0 radical (unpaired) electrons. The first-order valence-corrected chi connectivity index (χ1v) is 3.49. The maximum atomic E-state index is 12.7. The molecule has 0 saturated carbocycles. The normalized spacial score (nSPS) is 19.3. The molecule has 0 aromatic heterocycles. The highest BCUT2D eigenvalue weighted by Crippen LogP contribution is 2.28. The molecule has 0 unspecified atom stereocenters. The Bertz CT molecular complexity index is 189. The van der Waals surface area contributed by atoms with Gasteiger partial charge < -0.3 is 0 Å². The van der Waals surface area contributed by atoms with E-state index in [9.17, 15) is 8.78 Å². The zero-order valence-electron chi connectivity index (χ0n) is 5.95. The molecule has 10 heavy (non-hydrogen) atoms. The van der Waals surface area contributed by atoms with Gasteiger partial charge in [0.05, 0.1) is 0 Å². The maximum Gasteiger partial charge on any atom is 0.157 e. The molecule has 1 rings (SSSR count). The van der Waals surface area contributed by atoms with E-state index in [1.807, 2.05) is 6.92 Å². The predicted molar refractivity (Wildman–Crippen MR) is 36.9 cm³/mol. The molecule has 0 amide bonds. The Hall–Kier alpha value is -0.660. The van der Waals surface area contributed by atoms with Gasteiger partial charge in [-0.05, 0) is 18.4 Å². The number of halogens is 2. The van der Waals surface area contributed by atoms with Crippen molar-refractivity contribution >= 4 is 0 Å². The Balaban J connectivity index is 2.83. The molecular formula is C8H10F2. The van der Waals surface area contributed by atoms with Gasteiger partial charge >= 0.3 is 0 Å². The molecule has 2 heteroatoms. The average molecular weight is 144 g/mol. The van der Waals surface area contributed by atoms with Crippen molar-refractivity contribution in [2.75, 3.05) is 0 Å². The lowest BCUT2D eigenvalue weighted by Gasteiger charge is -2.08. The van der Waals surface area contributed by atoms with E-state index in [1.54, 1.807) is 6.08 Å². The van der Waals surface area contributed by atoms with E-state index in [0.717, 1.165) is 0 Å². The van der Waals surface area contributed by atoms with Gasteiger partial charge in [-0.3, -0.25) is 0 Å². The molecule has 1 aliphatic carbocycles. The Morgan fingerprint density at radius 2 is 2.20 bits per heavy atom. The van der Waals surface area contributed by atoms with Crippen molar-refractivity contribution in [3.05, 3.63) is 23.3 Å². The molecule has 0 N–H and O–H groups in total. The zero-order valence-corrected chi connectivity index (χ0v) is 5.95. The van der Waals surface area contributed by atoms with Crippen LogP contribution in [0.5, 0.6) is 0 Å². The lowest BCUT2D eigenvalue weighted by Crippen LogP contribution is -1.92. The van der Waals surface area contributed by atoms with Crippen LogP contribution in [0.15, 0.2) is 23.3 Å². The van der Waals surface area contributed by atoms with Gasteiger partial charge in [-0.25, -0.2) is 8.78 Å². The fourth-order valence-electron chi connectivity index (χ4n) is 1.05. The first kappa shape index (κ1) is 7.45. The summed E-state index contributed by atoms with van der Waals surface area (Å²) in [6.07, 6.45) is 3.22. The first-order valence-electron chi connectivity index (χ1n) is 3.49. The summed E-state index contributed by atoms with van der Waals surface area (Å²) >= 11 is 0. The molecule has 0 aliphatic heterocycles. The highest BCUT2D eigenvalue weighted by molar-refractivity contribution is 5.30. The van der Waals surface area contributed by atoms with Crippen molar-refractivity contribution in [2.45, 2.75) is 26.2 Å². The molecule has 0 heterocycles. The third-order valence-corrected chi connectivity index (χ3v) is 1.66. The van der Waals surface area contributed by atoms with Crippen LogP contribution in [0.25, 0.3) is 0 Å². The molecule has 0 bridgehead atoms. The second-order valence-corrected chi connectivity index (χ2v) is 2.34. The molecule has 56 valence electrons. The Labute approximate surface area is 59.2 Å². The van der Waals surface area contributed by atoms with Crippen LogP contribution in [0.1, 0.15) is 26.2 Å². The number of rotatable bonds is 1. The van der Waals surface area contributed by atoms with Crippen molar-refractivity contribution < 1.29 is 8.78 Å². The molecule has 0 nitrogen and oxygen atoms in total. The summed E-state index contributed by atoms with van der Waals surface area (Å²) in [5, 5.41) is 0. The molecule has 0 spiro atoms. The smallest absolute Gasteiger partial charge is 0.157 e. The molecule has 0 atom stereocenters. The summed E-state index contributed by atoms with van der Waals surface area (Å²) in [5.41, 5.74) is 0.517. The third kappa shape index (κ3) is 1.25. The van der Waals surface area contributed by atoms with Crippen LogP contribution in [0.3, 0.4) is 0 Å². The molecule has 1 aliphatic rings. The van der Waals surface area contributed by atoms with Crippen LogP contribution >= 0.6 is 0 Å². The fourth-order valence-corrected chi connectivity index (χ4v) is 1.05. The van der Waals surface area contributed by atoms with Gasteiger partial charge in [0.25, 0.3) is 0 Å². The first-order chi connectivity index (χ1) is 4.75. The van der Waals surface area contributed by atoms with E-state index in [0.29, 0.717) is 18.4 Å². The predicted octanol–water partition coefficient (Wildman–Crippen LogP) is 3.27. The maximum absolute atomic E-state index is 12.7. The van der Waals surface area contributed by atoms with Crippen LogP contribution in [0.4, 0.5) is 8.78 Å². The molecule has 0 saturated heterocycles. The van der Waals surface area contributed by atoms with E-state index in [-0.39, 0.29) is 6.42 Å². The van der Waals surface area contributed by atoms with Gasteiger partial charge in [-0.1, -0.05) is 13.0 Å². The van der Waals surface area contributed by atoms with Crippen molar-refractivity contribution in [1.29, 1.82) is 0 Å². The second-order valence-electron chi connectivity index (χ2n) is 2.34. The highest BCUT2D eigenvalue weighted by Gasteiger charge is 2.13. The van der Waals surface area contributed by atoms with Crippen LogP contribution in [0, 0.1) is 0 Å². The average Bonchev–Trinajstić information content (AvgIpc) is 1.95. The van der Waals surface area contributed by atoms with Crippen LogP contribution in [-0.4, -0.2) is 0 Å². The van der Waals surface area contributed by atoms with Crippen molar-refractivity contribution in [1.82, 2.24) is 0 Å². The second kappa shape index (κ2) is 2.95. The van der Waals surface area contributed by atoms with Gasteiger partial charge in [-0.15, -0.1) is 0 Å². The Morgan fingerprint density at radius 3 is 2.70 bits per heavy atom. The molecule has 0 aromatic carbocycles. The summed E-state index contributed by atoms with van der Waals surface area (Å²) in [6.45, 7) is 1.82. The van der Waals surface area contributed by atoms with Crippen LogP contribution in [0.2, 0.25) is 0 Å². The van der Waals surface area contributed by atoms with Gasteiger partial charge in [0.2, 0.25) is 0 Å². The van der Waals surface area contributed by atoms with Crippen molar-refractivity contribution in [3.8, 4) is 0 Å². The minimum absolute atomic E-state index is 0.231. The number of allylic oxidation sites excluding steroid dienone is 4. The monoisotopic (exact) mass is 144 g/mol. The lowest BCUT2D eigenvalue weighted by molar-refractivity contribution is 0.503. The quantitative estimate of drug-likeness (QED) is 0.529. The molecule has 0 fully saturated rings. The van der Waals surface area contributed by atoms with Crippen molar-refractivity contribution in [2.24, 2.45) is 0 Å². The van der Waals surface area contributed by atoms with E-state index >= 15 is 0 Å². The highest BCUT2D eigenvalue weighted by atomic mass is 19.2. The summed E-state index contributed by atoms with van der Waals surface area (Å²) in [7, 11) is 0. The fraction of sp³-hybridized carbons (Fsp3) is 0.500. The van der Waals surface area contributed by atoms with Gasteiger partial charge in [0.1, 0.15) is 5.83 Å². The largest absolute Gasteiger partial charge is 0.209 e. The van der Waals surface area contributed by atoms with Gasteiger partial charge in [-0.2, -0.15) is 0 Å². The lowest BCUT2D eigenvalue weighted by atomic mass is 10.0. The van der Waals surface area contributed by atoms with E-state index in [4.69, 9.17) is 0 Å². The van der Waals surface area contributed by atoms with E-state index < -0.39 is 11.7 Å².